The number of hydrogen-bond donors (Lipinski definition) is 0. The fraction of sp³-hybridized carbons (Fsp3) is 0.579. The zero-order valence-corrected chi connectivity index (χ0v) is 15.7. The van der Waals surface area contributed by atoms with Crippen LogP contribution in [0.3, 0.4) is 0 Å². The number of ether oxygens (including phenoxy) is 1. The summed E-state index contributed by atoms with van der Waals surface area (Å²) in [5, 5.41) is 0. The molecule has 1 unspecified atom stereocenters. The second-order valence-corrected chi connectivity index (χ2v) is 6.71. The van der Waals surface area contributed by atoms with Crippen LogP contribution in [0.1, 0.15) is 19.4 Å². The van der Waals surface area contributed by atoms with Crippen molar-refractivity contribution in [1.29, 1.82) is 0 Å². The molecule has 0 radical (unpaired) electrons. The molecule has 0 aliphatic carbocycles. The van der Waals surface area contributed by atoms with Crippen molar-refractivity contribution in [2.45, 2.75) is 20.4 Å². The van der Waals surface area contributed by atoms with Crippen LogP contribution < -0.4 is 4.74 Å². The van der Waals surface area contributed by atoms with Gasteiger partial charge in [0.05, 0.1) is 12.5 Å². The second-order valence-electron chi connectivity index (χ2n) is 6.71. The summed E-state index contributed by atoms with van der Waals surface area (Å²) in [5.41, 5.74) is 1.18. The van der Waals surface area contributed by atoms with Crippen LogP contribution in [0.4, 0.5) is 0 Å². The molecule has 25 heavy (non-hydrogen) atoms. The molecule has 0 bridgehead atoms. The van der Waals surface area contributed by atoms with Crippen LogP contribution >= 0.6 is 0 Å². The third kappa shape index (κ3) is 5.46. The molecule has 1 fully saturated rings. The Kier molecular flexibility index (Phi) is 6.82. The molecule has 1 aliphatic heterocycles. The maximum atomic E-state index is 12.5. The standard InChI is InChI=1S/C19H29N3O3/c1-5-25-18-8-6-16(7-9-18)12-21-10-11-22(15(2)23)14-17(13-21)19(24)20(3)4/h6-9,17H,5,10-14H2,1-4H3. The lowest BCUT2D eigenvalue weighted by Crippen LogP contribution is -2.41. The van der Waals surface area contributed by atoms with E-state index in [2.05, 4.69) is 17.0 Å². The van der Waals surface area contributed by atoms with E-state index in [0.717, 1.165) is 18.8 Å². The van der Waals surface area contributed by atoms with Gasteiger partial charge in [-0.1, -0.05) is 12.1 Å². The molecule has 138 valence electrons. The smallest absolute Gasteiger partial charge is 0.228 e. The van der Waals surface area contributed by atoms with Gasteiger partial charge >= 0.3 is 0 Å². The summed E-state index contributed by atoms with van der Waals surface area (Å²) in [7, 11) is 3.53. The van der Waals surface area contributed by atoms with Crippen molar-refractivity contribution in [3.63, 3.8) is 0 Å². The van der Waals surface area contributed by atoms with Crippen LogP contribution in [0.5, 0.6) is 5.75 Å². The van der Waals surface area contributed by atoms with E-state index < -0.39 is 0 Å². The maximum absolute atomic E-state index is 12.5. The summed E-state index contributed by atoms with van der Waals surface area (Å²) < 4.78 is 5.48. The van der Waals surface area contributed by atoms with Gasteiger partial charge in [-0.2, -0.15) is 0 Å². The van der Waals surface area contributed by atoms with E-state index in [1.54, 1.807) is 30.8 Å². The number of carbonyl (C=O) groups excluding carboxylic acids is 2. The quantitative estimate of drug-likeness (QED) is 0.809. The van der Waals surface area contributed by atoms with Crippen LogP contribution in [0.25, 0.3) is 0 Å². The molecule has 1 saturated heterocycles. The van der Waals surface area contributed by atoms with Crippen molar-refractivity contribution in [2.24, 2.45) is 5.92 Å². The number of nitrogens with zero attached hydrogens (tertiary/aromatic N) is 3. The Hall–Kier alpha value is -2.08. The summed E-state index contributed by atoms with van der Waals surface area (Å²) in [5.74, 6) is 0.777. The molecule has 6 nitrogen and oxygen atoms in total. The lowest BCUT2D eigenvalue weighted by atomic mass is 10.1. The van der Waals surface area contributed by atoms with Gasteiger partial charge in [-0.25, -0.2) is 0 Å². The van der Waals surface area contributed by atoms with Crippen LogP contribution in [-0.2, 0) is 16.1 Å². The zero-order valence-electron chi connectivity index (χ0n) is 15.7. The van der Waals surface area contributed by atoms with E-state index in [9.17, 15) is 9.59 Å². The highest BCUT2D eigenvalue weighted by Gasteiger charge is 2.29. The third-order valence-corrected chi connectivity index (χ3v) is 4.48. The molecule has 1 aromatic carbocycles. The van der Waals surface area contributed by atoms with Gasteiger partial charge in [0.1, 0.15) is 5.75 Å². The molecule has 1 aliphatic rings. The van der Waals surface area contributed by atoms with Gasteiger partial charge in [0, 0.05) is 53.7 Å². The zero-order chi connectivity index (χ0) is 18.4. The Balaban J connectivity index is 2.08. The average molecular weight is 347 g/mol. The minimum absolute atomic E-state index is 0.0273. The molecule has 1 atom stereocenters. The van der Waals surface area contributed by atoms with Crippen molar-refractivity contribution in [3.05, 3.63) is 29.8 Å². The Morgan fingerprint density at radius 3 is 2.40 bits per heavy atom. The topological polar surface area (TPSA) is 53.1 Å². The number of carbonyl (C=O) groups is 2. The first-order chi connectivity index (χ1) is 11.9. The van der Waals surface area contributed by atoms with Gasteiger partial charge in [-0.05, 0) is 24.6 Å². The normalized spacial score (nSPS) is 18.6. The second kappa shape index (κ2) is 8.85. The Morgan fingerprint density at radius 2 is 1.84 bits per heavy atom. The SMILES string of the molecule is CCOc1ccc(CN2CCN(C(C)=O)CC(C(=O)N(C)C)C2)cc1. The minimum atomic E-state index is -0.191. The van der Waals surface area contributed by atoms with Gasteiger partial charge < -0.3 is 14.5 Å². The number of hydrogen-bond acceptors (Lipinski definition) is 4. The average Bonchev–Trinajstić information content (AvgIpc) is 2.79. The molecule has 0 spiro atoms. The summed E-state index contributed by atoms with van der Waals surface area (Å²) in [6.07, 6.45) is 0. The Bertz CT molecular complexity index is 586. The van der Waals surface area contributed by atoms with E-state index >= 15 is 0 Å². The van der Waals surface area contributed by atoms with E-state index in [0.29, 0.717) is 26.2 Å². The minimum Gasteiger partial charge on any atom is -0.494 e. The maximum Gasteiger partial charge on any atom is 0.228 e. The highest BCUT2D eigenvalue weighted by molar-refractivity contribution is 5.80. The van der Waals surface area contributed by atoms with Gasteiger partial charge in [0.2, 0.25) is 11.8 Å². The molecule has 0 saturated carbocycles. The summed E-state index contributed by atoms with van der Waals surface area (Å²) in [6.45, 7) is 7.52. The van der Waals surface area contributed by atoms with Crippen molar-refractivity contribution >= 4 is 11.8 Å². The first-order valence-electron chi connectivity index (χ1n) is 8.81. The van der Waals surface area contributed by atoms with E-state index in [1.807, 2.05) is 19.1 Å². The van der Waals surface area contributed by atoms with Crippen molar-refractivity contribution in [1.82, 2.24) is 14.7 Å². The number of rotatable bonds is 5. The molecule has 2 amide bonds. The van der Waals surface area contributed by atoms with Crippen molar-refractivity contribution in [2.75, 3.05) is 46.9 Å². The molecule has 1 heterocycles. The van der Waals surface area contributed by atoms with E-state index in [-0.39, 0.29) is 17.7 Å². The summed E-state index contributed by atoms with van der Waals surface area (Å²) in [4.78, 5) is 30.0. The first-order valence-corrected chi connectivity index (χ1v) is 8.81. The lowest BCUT2D eigenvalue weighted by Gasteiger charge is -2.25. The fourth-order valence-electron chi connectivity index (χ4n) is 3.15. The van der Waals surface area contributed by atoms with Gasteiger partial charge in [0.25, 0.3) is 0 Å². The largest absolute Gasteiger partial charge is 0.494 e. The van der Waals surface area contributed by atoms with Crippen LogP contribution in [0.15, 0.2) is 24.3 Å². The molecule has 6 heteroatoms. The van der Waals surface area contributed by atoms with Crippen LogP contribution in [0.2, 0.25) is 0 Å². The van der Waals surface area contributed by atoms with Gasteiger partial charge in [0.15, 0.2) is 0 Å². The molecule has 0 aromatic heterocycles. The Labute approximate surface area is 150 Å². The van der Waals surface area contributed by atoms with Gasteiger partial charge in [-0.15, -0.1) is 0 Å². The fourth-order valence-corrected chi connectivity index (χ4v) is 3.15. The summed E-state index contributed by atoms with van der Waals surface area (Å²) in [6, 6.07) is 8.06. The molecular weight excluding hydrogens is 318 g/mol. The van der Waals surface area contributed by atoms with E-state index in [4.69, 9.17) is 4.74 Å². The highest BCUT2D eigenvalue weighted by Crippen LogP contribution is 2.17. The monoisotopic (exact) mass is 347 g/mol. The number of benzene rings is 1. The number of amides is 2. The van der Waals surface area contributed by atoms with Crippen LogP contribution in [-0.4, -0.2) is 73.4 Å². The first kappa shape index (κ1) is 19.2. The predicted molar refractivity (Wildman–Crippen MR) is 97.3 cm³/mol. The van der Waals surface area contributed by atoms with E-state index in [1.165, 1.54) is 5.56 Å². The molecular formula is C19H29N3O3. The summed E-state index contributed by atoms with van der Waals surface area (Å²) >= 11 is 0. The Morgan fingerprint density at radius 1 is 1.16 bits per heavy atom. The molecule has 0 N–H and O–H groups in total. The predicted octanol–water partition coefficient (Wildman–Crippen LogP) is 1.45. The molecule has 1 aromatic rings. The third-order valence-electron chi connectivity index (χ3n) is 4.48. The lowest BCUT2D eigenvalue weighted by molar-refractivity contribution is -0.135. The van der Waals surface area contributed by atoms with Crippen molar-refractivity contribution in [3.8, 4) is 5.75 Å². The molecule has 2 rings (SSSR count). The highest BCUT2D eigenvalue weighted by atomic mass is 16.5. The van der Waals surface area contributed by atoms with Gasteiger partial charge in [-0.3, -0.25) is 14.5 Å². The van der Waals surface area contributed by atoms with Crippen LogP contribution in [0, 0.1) is 5.92 Å². The van der Waals surface area contributed by atoms with Crippen molar-refractivity contribution < 1.29 is 14.3 Å².